The number of rotatable bonds is 9. The van der Waals surface area contributed by atoms with Crippen LogP contribution in [0.25, 0.3) is 11.1 Å². The van der Waals surface area contributed by atoms with Crippen LogP contribution in [0.15, 0.2) is 127 Å². The maximum Gasteiger partial charge on any atom is 0.323 e. The molecule has 298 valence electrons. The Hall–Kier alpha value is -6.60. The largest absolute Gasteiger partial charge is 0.480 e. The molecule has 1 aromatic heterocycles. The second-order valence-corrected chi connectivity index (χ2v) is 15.2. The van der Waals surface area contributed by atoms with Crippen LogP contribution in [0.5, 0.6) is 0 Å². The molecule has 5 amide bonds. The van der Waals surface area contributed by atoms with Crippen LogP contribution in [-0.4, -0.2) is 70.2 Å². The summed E-state index contributed by atoms with van der Waals surface area (Å²) in [5.74, 6) is -4.05. The van der Waals surface area contributed by atoms with Crippen LogP contribution in [0.4, 0.5) is 0 Å². The zero-order chi connectivity index (χ0) is 40.9. The van der Waals surface area contributed by atoms with Crippen molar-refractivity contribution in [3.63, 3.8) is 0 Å². The smallest absolute Gasteiger partial charge is 0.323 e. The molecule has 0 radical (unpaired) electrons. The molecule has 3 atom stereocenters. The predicted octanol–water partition coefficient (Wildman–Crippen LogP) is 4.42. The van der Waals surface area contributed by atoms with Crippen LogP contribution in [0.2, 0.25) is 0 Å². The van der Waals surface area contributed by atoms with Gasteiger partial charge < -0.3 is 31.3 Å². The topological polar surface area (TPSA) is 174 Å². The molecule has 5 aromatic rings. The van der Waals surface area contributed by atoms with E-state index in [2.05, 4.69) is 21.3 Å². The number of benzene rings is 4. The number of carboxylic acids is 1. The molecule has 2 heterocycles. The second kappa shape index (κ2) is 20.0. The quantitative estimate of drug-likeness (QED) is 0.147. The molecule has 58 heavy (non-hydrogen) atoms. The Morgan fingerprint density at radius 1 is 0.621 bits per heavy atom. The normalized spacial score (nSPS) is 18.7. The summed E-state index contributed by atoms with van der Waals surface area (Å²) in [6.07, 6.45) is -0.101. The Balaban J connectivity index is 1.37. The second-order valence-electron chi connectivity index (χ2n) is 14.2. The van der Waals surface area contributed by atoms with Gasteiger partial charge in [0, 0.05) is 50.1 Å². The molecule has 5 N–H and O–H groups in total. The maximum absolute atomic E-state index is 14.5. The average molecular weight is 800 g/mol. The van der Waals surface area contributed by atoms with Gasteiger partial charge in [-0.2, -0.15) is 0 Å². The van der Waals surface area contributed by atoms with E-state index in [-0.39, 0.29) is 51.1 Å². The fourth-order valence-electron chi connectivity index (χ4n) is 6.78. The number of nitrogens with one attached hydrogen (secondary N) is 4. The van der Waals surface area contributed by atoms with Gasteiger partial charge in [0.15, 0.2) is 0 Å². The number of aliphatic carboxylic acids is 1. The average Bonchev–Trinajstić information content (AvgIpc) is 3.75. The number of amides is 5. The molecular weight excluding hydrogens is 755 g/mol. The summed E-state index contributed by atoms with van der Waals surface area (Å²) in [5.41, 5.74) is 4.72. The minimum absolute atomic E-state index is 0.0321. The molecule has 0 unspecified atom stereocenters. The van der Waals surface area contributed by atoms with Crippen molar-refractivity contribution in [2.45, 2.75) is 63.3 Å². The van der Waals surface area contributed by atoms with Crippen molar-refractivity contribution in [1.29, 1.82) is 0 Å². The Morgan fingerprint density at radius 2 is 1.22 bits per heavy atom. The number of fused-ring (bicyclic) bond motifs is 2. The van der Waals surface area contributed by atoms with E-state index in [9.17, 15) is 33.9 Å². The monoisotopic (exact) mass is 799 g/mol. The van der Waals surface area contributed by atoms with Crippen LogP contribution in [0.3, 0.4) is 0 Å². The number of nitrogens with zero attached hydrogens (tertiary/aromatic N) is 1. The number of carbonyl (C=O) groups is 6. The lowest BCUT2D eigenvalue weighted by Gasteiger charge is -2.29. The molecular formula is C45H45N5O7S. The molecule has 6 rings (SSSR count). The van der Waals surface area contributed by atoms with Crippen molar-refractivity contribution in [2.24, 2.45) is 0 Å². The summed E-state index contributed by atoms with van der Waals surface area (Å²) < 4.78 is 0. The fourth-order valence-corrected chi connectivity index (χ4v) is 7.53. The van der Waals surface area contributed by atoms with E-state index < -0.39 is 54.3 Å². The van der Waals surface area contributed by atoms with Crippen LogP contribution in [-0.2, 0) is 61.1 Å². The van der Waals surface area contributed by atoms with E-state index in [0.29, 0.717) is 11.1 Å². The summed E-state index contributed by atoms with van der Waals surface area (Å²) in [6, 6.07) is 33.6. The Kier molecular flexibility index (Phi) is 14.2. The van der Waals surface area contributed by atoms with Gasteiger partial charge in [-0.1, -0.05) is 115 Å². The predicted molar refractivity (Wildman–Crippen MR) is 220 cm³/mol. The van der Waals surface area contributed by atoms with Gasteiger partial charge in [0.1, 0.15) is 24.7 Å². The number of carbonyl (C=O) groups excluding carboxylic acids is 5. The van der Waals surface area contributed by atoms with Gasteiger partial charge in [-0.3, -0.25) is 28.8 Å². The molecule has 0 aliphatic carbocycles. The molecule has 2 bridgehead atoms. The summed E-state index contributed by atoms with van der Waals surface area (Å²) >= 11 is 1.41. The SMILES string of the molecule is O=C(O)CN1Cc2cccc(c2)CNC(=O)CCC(=O)N[C@H](Cc2cccs2)C(=O)N[C@@H](Cc2ccc(-c3ccccc3)cc2)C(=O)N[C@H](Cc2ccccc2)C1=O. The van der Waals surface area contributed by atoms with Crippen molar-refractivity contribution in [2.75, 3.05) is 6.54 Å². The highest BCUT2D eigenvalue weighted by atomic mass is 32.1. The van der Waals surface area contributed by atoms with Gasteiger partial charge in [0.05, 0.1) is 0 Å². The molecule has 12 nitrogen and oxygen atoms in total. The first kappa shape index (κ1) is 41.0. The first-order valence-electron chi connectivity index (χ1n) is 19.1. The number of thiophene rings is 1. The van der Waals surface area contributed by atoms with Gasteiger partial charge in [-0.05, 0) is 44.8 Å². The van der Waals surface area contributed by atoms with Crippen LogP contribution >= 0.6 is 11.3 Å². The molecule has 0 fully saturated rings. The van der Waals surface area contributed by atoms with E-state index in [4.69, 9.17) is 0 Å². The van der Waals surface area contributed by atoms with Crippen molar-refractivity contribution < 1.29 is 33.9 Å². The van der Waals surface area contributed by atoms with Crippen molar-refractivity contribution >= 4 is 46.8 Å². The third-order valence-corrected chi connectivity index (χ3v) is 10.6. The Labute approximate surface area is 340 Å². The van der Waals surface area contributed by atoms with E-state index in [1.165, 1.54) is 16.2 Å². The summed E-state index contributed by atoms with van der Waals surface area (Å²) in [4.78, 5) is 83.4. The standard InChI is InChI=1S/C45H45N5O7S/c51-40-20-21-41(52)47-38(26-36-15-8-22-58-36)44(56)48-37(24-31-16-18-35(19-17-31)34-13-5-2-6-14-34)43(55)49-39(25-30-9-3-1-4-10-30)45(57)50(29-42(53)54)28-33-12-7-11-32(23-33)27-46-40/h1-19,22-23,37-39H,20-21,24-29H2,(H,46,51)(H,47,52)(H,48,56)(H,49,55)(H,53,54)/t37-,38+,39+/m0/s1. The van der Waals surface area contributed by atoms with E-state index in [0.717, 1.165) is 27.1 Å². The number of hydrogen-bond acceptors (Lipinski definition) is 7. The zero-order valence-electron chi connectivity index (χ0n) is 31.8. The number of carboxylic acid groups (broad SMARTS) is 1. The van der Waals surface area contributed by atoms with Crippen molar-refractivity contribution in [3.05, 3.63) is 154 Å². The van der Waals surface area contributed by atoms with E-state index >= 15 is 0 Å². The summed E-state index contributed by atoms with van der Waals surface area (Å²) in [6.45, 7) is -0.598. The first-order chi connectivity index (χ1) is 28.1. The van der Waals surface area contributed by atoms with Crippen molar-refractivity contribution in [1.82, 2.24) is 26.2 Å². The van der Waals surface area contributed by atoms with Gasteiger partial charge in [-0.25, -0.2) is 0 Å². The maximum atomic E-state index is 14.5. The zero-order valence-corrected chi connectivity index (χ0v) is 32.6. The highest BCUT2D eigenvalue weighted by Gasteiger charge is 2.33. The van der Waals surface area contributed by atoms with Crippen molar-refractivity contribution in [3.8, 4) is 11.1 Å². The van der Waals surface area contributed by atoms with Crippen LogP contribution in [0, 0.1) is 0 Å². The highest BCUT2D eigenvalue weighted by Crippen LogP contribution is 2.21. The fraction of sp³-hybridized carbons (Fsp3) is 0.244. The van der Waals surface area contributed by atoms with Gasteiger partial charge in [0.25, 0.3) is 0 Å². The van der Waals surface area contributed by atoms with Gasteiger partial charge in [-0.15, -0.1) is 11.3 Å². The molecule has 1 aliphatic rings. The van der Waals surface area contributed by atoms with Gasteiger partial charge >= 0.3 is 5.97 Å². The van der Waals surface area contributed by atoms with Gasteiger partial charge in [0.2, 0.25) is 29.5 Å². The molecule has 0 spiro atoms. The molecule has 0 saturated carbocycles. The summed E-state index contributed by atoms with van der Waals surface area (Å²) in [7, 11) is 0. The van der Waals surface area contributed by atoms with Crippen LogP contribution < -0.4 is 21.3 Å². The lowest BCUT2D eigenvalue weighted by molar-refractivity contribution is -0.146. The molecule has 4 aromatic carbocycles. The number of hydrogen-bond donors (Lipinski definition) is 5. The Morgan fingerprint density at radius 3 is 1.91 bits per heavy atom. The lowest BCUT2D eigenvalue weighted by Crippen LogP contribution is -2.58. The van der Waals surface area contributed by atoms with E-state index in [1.54, 1.807) is 48.5 Å². The Bertz CT molecular complexity index is 2200. The summed E-state index contributed by atoms with van der Waals surface area (Å²) in [5, 5.41) is 23.1. The molecule has 1 aliphatic heterocycles. The lowest BCUT2D eigenvalue weighted by atomic mass is 9.99. The molecule has 0 saturated heterocycles. The minimum atomic E-state index is -1.24. The first-order valence-corrected chi connectivity index (χ1v) is 19.9. The van der Waals surface area contributed by atoms with E-state index in [1.807, 2.05) is 78.2 Å². The third kappa shape index (κ3) is 12.0. The highest BCUT2D eigenvalue weighted by molar-refractivity contribution is 7.09. The third-order valence-electron chi connectivity index (χ3n) is 9.74. The van der Waals surface area contributed by atoms with Crippen LogP contribution in [0.1, 0.15) is 40.0 Å². The minimum Gasteiger partial charge on any atom is -0.480 e. The molecule has 13 heteroatoms.